The Balaban J connectivity index is 0.000000684. The van der Waals surface area contributed by atoms with E-state index in [-0.39, 0.29) is 0 Å². The van der Waals surface area contributed by atoms with Gasteiger partial charge >= 0.3 is 36.0 Å². The molecule has 8 bridgehead atoms. The number of nitrogens with one attached hydrogen (secondary N) is 8. The van der Waals surface area contributed by atoms with E-state index in [2.05, 4.69) is 42.5 Å². The first kappa shape index (κ1) is 31.5. The van der Waals surface area contributed by atoms with E-state index in [9.17, 15) is 0 Å². The summed E-state index contributed by atoms with van der Waals surface area (Å²) in [6.07, 6.45) is 25.6. The van der Waals surface area contributed by atoms with Crippen molar-refractivity contribution in [2.75, 3.05) is 6.61 Å². The summed E-state index contributed by atoms with van der Waals surface area (Å²) in [4.78, 5) is 0. The Morgan fingerprint density at radius 2 is 0.500 bits per heavy atom. The molecule has 8 atom stereocenters. The first-order chi connectivity index (χ1) is 21.7. The van der Waals surface area contributed by atoms with Crippen LogP contribution in [0.4, 0.5) is 0 Å². The SMILES string of the molecule is C1CCC2C3NC(NC4NC(NC5NC(NC6NC(N3)C3CCCCC63)C3CCCCC53)C3CCCCC43)C2C1.CC[O][GaH2]. The molecule has 9 aliphatic rings. The van der Waals surface area contributed by atoms with E-state index in [0.29, 0.717) is 68.3 Å². The molecule has 9 fully saturated rings. The van der Waals surface area contributed by atoms with Crippen molar-refractivity contribution in [3.63, 3.8) is 0 Å². The summed E-state index contributed by atoms with van der Waals surface area (Å²) in [5.41, 5.74) is 0. The molecular formula is C34H63GaN8O. The molecular weight excluding hydrogens is 606 g/mol. The van der Waals surface area contributed by atoms with Crippen LogP contribution in [0, 0.1) is 47.3 Å². The number of hydrogen-bond acceptors (Lipinski definition) is 9. The van der Waals surface area contributed by atoms with Crippen molar-refractivity contribution in [1.29, 1.82) is 0 Å². The standard InChI is InChI=1S/C32H56N8.C2H5O.Ga.2H/c1-2-10-18-17(9-1)25-33-26(18)38-28-21-13-5-6-14-22(21)30(35-28)40-32-24-16-8-7-15-23(24)31(36-32)39-29-20-12-4-3-11-19(20)27(34-29)37-25;1-2-3;;;/h17-40H,1-16H2;2H2,1H3;;;/q;-1;+1;;. The van der Waals surface area contributed by atoms with E-state index in [1.54, 1.807) is 0 Å². The Morgan fingerprint density at radius 3 is 0.614 bits per heavy atom. The van der Waals surface area contributed by atoms with E-state index < -0.39 is 0 Å². The summed E-state index contributed by atoms with van der Waals surface area (Å²) in [5.74, 6) is 5.97. The van der Waals surface area contributed by atoms with E-state index in [1.165, 1.54) is 103 Å². The summed E-state index contributed by atoms with van der Waals surface area (Å²) >= 11 is 0.613. The molecule has 4 aliphatic carbocycles. The van der Waals surface area contributed by atoms with Crippen molar-refractivity contribution >= 4 is 19.0 Å². The van der Waals surface area contributed by atoms with E-state index in [1.807, 2.05) is 6.92 Å². The van der Waals surface area contributed by atoms with Crippen molar-refractivity contribution in [3.05, 3.63) is 0 Å². The van der Waals surface area contributed by atoms with Crippen LogP contribution in [-0.2, 0) is 3.53 Å². The number of fused-ring (bicyclic) bond motifs is 20. The monoisotopic (exact) mass is 668 g/mol. The summed E-state index contributed by atoms with van der Waals surface area (Å²) in [7, 11) is 0. The van der Waals surface area contributed by atoms with E-state index >= 15 is 0 Å². The van der Waals surface area contributed by atoms with Crippen molar-refractivity contribution in [3.8, 4) is 0 Å². The predicted octanol–water partition coefficient (Wildman–Crippen LogP) is 2.18. The van der Waals surface area contributed by atoms with Gasteiger partial charge in [-0.2, -0.15) is 0 Å². The molecule has 0 aromatic carbocycles. The molecule has 10 heteroatoms. The predicted molar refractivity (Wildman–Crippen MR) is 177 cm³/mol. The van der Waals surface area contributed by atoms with Crippen molar-refractivity contribution in [2.24, 2.45) is 47.3 Å². The molecule has 4 saturated carbocycles. The molecule has 8 N–H and O–H groups in total. The zero-order chi connectivity index (χ0) is 29.6. The Bertz CT molecular complexity index is 752. The Kier molecular flexibility index (Phi) is 10.0. The van der Waals surface area contributed by atoms with Gasteiger partial charge in [0, 0.05) is 0 Å². The number of rotatable bonds is 1. The van der Waals surface area contributed by atoms with Crippen LogP contribution in [0.2, 0.25) is 0 Å². The Morgan fingerprint density at radius 1 is 0.364 bits per heavy atom. The molecule has 5 aliphatic heterocycles. The summed E-state index contributed by atoms with van der Waals surface area (Å²) < 4.78 is 4.73. The minimum atomic E-state index is 0.420. The van der Waals surface area contributed by atoms with Crippen LogP contribution in [-0.4, -0.2) is 74.9 Å². The second-order valence-electron chi connectivity index (χ2n) is 16.2. The molecule has 0 aromatic heterocycles. The van der Waals surface area contributed by atoms with Crippen LogP contribution < -0.4 is 42.5 Å². The topological polar surface area (TPSA) is 105 Å². The Labute approximate surface area is 277 Å². The summed E-state index contributed by atoms with van der Waals surface area (Å²) in [6, 6.07) is 0. The van der Waals surface area contributed by atoms with Crippen LogP contribution in [0.25, 0.3) is 0 Å². The molecule has 9 rings (SSSR count). The van der Waals surface area contributed by atoms with Gasteiger partial charge in [0.15, 0.2) is 0 Å². The minimum absolute atomic E-state index is 0.420. The van der Waals surface area contributed by atoms with Gasteiger partial charge in [0.2, 0.25) is 0 Å². The molecule has 44 heavy (non-hydrogen) atoms. The third kappa shape index (κ3) is 6.03. The van der Waals surface area contributed by atoms with Crippen molar-refractivity contribution < 1.29 is 3.53 Å². The molecule has 8 unspecified atom stereocenters. The first-order valence-corrected chi connectivity index (χ1v) is 21.0. The van der Waals surface area contributed by atoms with E-state index in [4.69, 9.17) is 3.53 Å². The van der Waals surface area contributed by atoms with Crippen LogP contribution in [0.5, 0.6) is 0 Å². The number of hydrogen-bond donors (Lipinski definition) is 8. The zero-order valence-corrected chi connectivity index (χ0v) is 31.9. The second-order valence-corrected chi connectivity index (χ2v) is 17.4. The van der Waals surface area contributed by atoms with Gasteiger partial charge in [-0.1, -0.05) is 51.4 Å². The van der Waals surface area contributed by atoms with Gasteiger partial charge in [0.25, 0.3) is 0 Å². The maximum absolute atomic E-state index is 4.73. The molecule has 248 valence electrons. The van der Waals surface area contributed by atoms with Gasteiger partial charge in [-0.15, -0.1) is 0 Å². The van der Waals surface area contributed by atoms with Gasteiger partial charge in [-0.05, 0) is 98.7 Å². The normalized spacial score (nSPS) is 53.0. The van der Waals surface area contributed by atoms with Gasteiger partial charge in [0.1, 0.15) is 0 Å². The molecule has 0 spiro atoms. The molecule has 0 aromatic rings. The molecule has 0 amide bonds. The zero-order valence-electron chi connectivity index (χ0n) is 27.7. The average molecular weight is 670 g/mol. The fourth-order valence-electron chi connectivity index (χ4n) is 12.0. The van der Waals surface area contributed by atoms with Gasteiger partial charge in [0.05, 0.1) is 49.3 Å². The molecule has 5 heterocycles. The Hall–Kier alpha value is 0.276. The van der Waals surface area contributed by atoms with Crippen LogP contribution in [0.15, 0.2) is 0 Å². The summed E-state index contributed by atoms with van der Waals surface area (Å²) in [5, 5.41) is 33.8. The van der Waals surface area contributed by atoms with Crippen LogP contribution >= 0.6 is 0 Å². The summed E-state index contributed by atoms with van der Waals surface area (Å²) in [6.45, 7) is 2.91. The average Bonchev–Trinajstić information content (AvgIpc) is 3.81. The first-order valence-electron chi connectivity index (χ1n) is 19.3. The van der Waals surface area contributed by atoms with Gasteiger partial charge < -0.3 is 0 Å². The fourth-order valence-corrected chi connectivity index (χ4v) is 12.0. The van der Waals surface area contributed by atoms with Crippen molar-refractivity contribution in [2.45, 2.75) is 159 Å². The molecule has 0 radical (unpaired) electrons. The second kappa shape index (κ2) is 14.0. The van der Waals surface area contributed by atoms with Crippen LogP contribution in [0.1, 0.15) is 110 Å². The van der Waals surface area contributed by atoms with Crippen molar-refractivity contribution in [1.82, 2.24) is 42.5 Å². The third-order valence-corrected chi connectivity index (χ3v) is 15.3. The third-order valence-electron chi connectivity index (χ3n) is 14.1. The van der Waals surface area contributed by atoms with Crippen LogP contribution in [0.3, 0.4) is 0 Å². The quantitative estimate of drug-likeness (QED) is 0.200. The van der Waals surface area contributed by atoms with Gasteiger partial charge in [-0.3, -0.25) is 42.5 Å². The fraction of sp³-hybridized carbons (Fsp3) is 1.00. The maximum atomic E-state index is 4.73. The molecule has 5 saturated heterocycles. The van der Waals surface area contributed by atoms with E-state index in [0.717, 1.165) is 54.0 Å². The van der Waals surface area contributed by atoms with Gasteiger partial charge in [-0.25, -0.2) is 0 Å². The molecule has 9 nitrogen and oxygen atoms in total.